The van der Waals surface area contributed by atoms with E-state index in [1.54, 1.807) is 18.2 Å². The van der Waals surface area contributed by atoms with Gasteiger partial charge in [0.1, 0.15) is 5.69 Å². The molecule has 1 aliphatic rings. The number of likely N-dealkylation sites (N-methyl/N-ethyl adjacent to an activating group) is 1. The molecule has 0 radical (unpaired) electrons. The Bertz CT molecular complexity index is 894. The van der Waals surface area contributed by atoms with Crippen molar-refractivity contribution in [2.75, 3.05) is 54.8 Å². The number of rotatable bonds is 8. The first-order chi connectivity index (χ1) is 14.5. The van der Waals surface area contributed by atoms with E-state index >= 15 is 0 Å². The molecule has 1 amide bonds. The summed E-state index contributed by atoms with van der Waals surface area (Å²) in [5.74, 6) is -0.131. The van der Waals surface area contributed by atoms with E-state index in [0.29, 0.717) is 12.2 Å². The van der Waals surface area contributed by atoms with Gasteiger partial charge in [-0.15, -0.1) is 0 Å². The summed E-state index contributed by atoms with van der Waals surface area (Å²) < 4.78 is 0. The highest BCUT2D eigenvalue weighted by Gasteiger charge is 2.17. The number of hydrogen-bond donors (Lipinski definition) is 2. The van der Waals surface area contributed by atoms with Gasteiger partial charge in [0, 0.05) is 56.6 Å². The van der Waals surface area contributed by atoms with Crippen molar-refractivity contribution >= 4 is 28.7 Å². The molecule has 0 aliphatic carbocycles. The van der Waals surface area contributed by atoms with Crippen molar-refractivity contribution in [2.45, 2.75) is 20.3 Å². The van der Waals surface area contributed by atoms with E-state index in [2.05, 4.69) is 39.5 Å². The number of hydrogen-bond acceptors (Lipinski definition) is 6. The Morgan fingerprint density at radius 3 is 2.50 bits per heavy atom. The van der Waals surface area contributed by atoms with Gasteiger partial charge in [-0.3, -0.25) is 14.9 Å². The molecule has 1 fully saturated rings. The average Bonchev–Trinajstić information content (AvgIpc) is 2.75. The zero-order valence-electron chi connectivity index (χ0n) is 17.6. The summed E-state index contributed by atoms with van der Waals surface area (Å²) >= 11 is 0. The number of anilines is 3. The van der Waals surface area contributed by atoms with Crippen molar-refractivity contribution in [1.82, 2.24) is 4.90 Å². The van der Waals surface area contributed by atoms with Crippen molar-refractivity contribution in [1.29, 1.82) is 0 Å². The lowest BCUT2D eigenvalue weighted by molar-refractivity contribution is -0.384. The molecule has 0 spiro atoms. The van der Waals surface area contributed by atoms with Gasteiger partial charge in [0.05, 0.1) is 4.92 Å². The van der Waals surface area contributed by atoms with E-state index in [-0.39, 0.29) is 18.0 Å². The SMILES string of the molecule is CCN1CCN(c2ccc(NC(=O)CCNc3ccccc3[N+](=O)[O-])c(C)c2)CC1. The predicted octanol–water partition coefficient (Wildman–Crippen LogP) is 3.49. The van der Waals surface area contributed by atoms with Crippen LogP contribution < -0.4 is 15.5 Å². The summed E-state index contributed by atoms with van der Waals surface area (Å²) in [6.45, 7) is 9.74. The van der Waals surface area contributed by atoms with Crippen LogP contribution in [0.5, 0.6) is 0 Å². The molecular formula is C22H29N5O3. The second-order valence-electron chi connectivity index (χ2n) is 7.42. The molecule has 1 saturated heterocycles. The third kappa shape index (κ3) is 5.48. The number of aryl methyl sites for hydroxylation is 1. The Morgan fingerprint density at radius 2 is 1.83 bits per heavy atom. The number of nitro benzene ring substituents is 1. The zero-order valence-corrected chi connectivity index (χ0v) is 17.6. The summed E-state index contributed by atoms with van der Waals surface area (Å²) in [7, 11) is 0. The van der Waals surface area contributed by atoms with E-state index in [0.717, 1.165) is 44.0 Å². The maximum atomic E-state index is 12.3. The summed E-state index contributed by atoms with van der Waals surface area (Å²) in [6, 6.07) is 12.5. The fourth-order valence-electron chi connectivity index (χ4n) is 3.61. The van der Waals surface area contributed by atoms with Gasteiger partial charge in [0.15, 0.2) is 0 Å². The van der Waals surface area contributed by atoms with Gasteiger partial charge in [-0.25, -0.2) is 0 Å². The topological polar surface area (TPSA) is 90.8 Å². The molecule has 0 bridgehead atoms. The maximum Gasteiger partial charge on any atom is 0.292 e. The van der Waals surface area contributed by atoms with E-state index in [1.165, 1.54) is 11.8 Å². The van der Waals surface area contributed by atoms with Crippen molar-refractivity contribution in [2.24, 2.45) is 0 Å². The highest BCUT2D eigenvalue weighted by molar-refractivity contribution is 5.92. The first-order valence-corrected chi connectivity index (χ1v) is 10.3. The van der Waals surface area contributed by atoms with Crippen LogP contribution in [0.3, 0.4) is 0 Å². The summed E-state index contributed by atoms with van der Waals surface area (Å²) in [6.07, 6.45) is 0.215. The minimum absolute atomic E-state index is 0.00381. The Kier molecular flexibility index (Phi) is 7.24. The summed E-state index contributed by atoms with van der Waals surface area (Å²) in [5, 5.41) is 17.0. The third-order valence-electron chi connectivity index (χ3n) is 5.44. The third-order valence-corrected chi connectivity index (χ3v) is 5.44. The molecule has 8 heteroatoms. The van der Waals surface area contributed by atoms with Crippen LogP contribution in [0.2, 0.25) is 0 Å². The van der Waals surface area contributed by atoms with Crippen LogP contribution in [0.15, 0.2) is 42.5 Å². The first-order valence-electron chi connectivity index (χ1n) is 10.3. The molecule has 0 saturated carbocycles. The van der Waals surface area contributed by atoms with E-state index in [1.807, 2.05) is 13.0 Å². The Morgan fingerprint density at radius 1 is 1.10 bits per heavy atom. The van der Waals surface area contributed by atoms with Crippen LogP contribution in [0, 0.1) is 17.0 Å². The van der Waals surface area contributed by atoms with Crippen molar-refractivity contribution in [3.63, 3.8) is 0 Å². The monoisotopic (exact) mass is 411 g/mol. The number of nitrogens with one attached hydrogen (secondary N) is 2. The van der Waals surface area contributed by atoms with Crippen LogP contribution in [0.1, 0.15) is 18.9 Å². The molecule has 160 valence electrons. The highest BCUT2D eigenvalue weighted by Crippen LogP contribution is 2.25. The molecule has 0 atom stereocenters. The van der Waals surface area contributed by atoms with Gasteiger partial charge in [0.2, 0.25) is 5.91 Å². The van der Waals surface area contributed by atoms with Crippen molar-refractivity contribution in [3.05, 3.63) is 58.1 Å². The van der Waals surface area contributed by atoms with Gasteiger partial charge >= 0.3 is 0 Å². The number of para-hydroxylation sites is 2. The maximum absolute atomic E-state index is 12.3. The van der Waals surface area contributed by atoms with Gasteiger partial charge in [0.25, 0.3) is 5.69 Å². The number of amides is 1. The van der Waals surface area contributed by atoms with Gasteiger partial charge < -0.3 is 20.4 Å². The smallest absolute Gasteiger partial charge is 0.292 e. The molecule has 3 rings (SSSR count). The minimum Gasteiger partial charge on any atom is -0.379 e. The van der Waals surface area contributed by atoms with Gasteiger partial charge in [-0.05, 0) is 43.3 Å². The fourth-order valence-corrected chi connectivity index (χ4v) is 3.61. The van der Waals surface area contributed by atoms with Crippen LogP contribution in [-0.2, 0) is 4.79 Å². The molecule has 30 heavy (non-hydrogen) atoms. The largest absolute Gasteiger partial charge is 0.379 e. The lowest BCUT2D eigenvalue weighted by Crippen LogP contribution is -2.46. The summed E-state index contributed by atoms with van der Waals surface area (Å²) in [5.41, 5.74) is 3.41. The molecule has 1 aliphatic heterocycles. The number of carbonyl (C=O) groups excluding carboxylic acids is 1. The molecule has 2 N–H and O–H groups in total. The van der Waals surface area contributed by atoms with E-state index in [9.17, 15) is 14.9 Å². The number of piperazine rings is 1. The number of nitro groups is 1. The van der Waals surface area contributed by atoms with Gasteiger partial charge in [-0.2, -0.15) is 0 Å². The minimum atomic E-state index is -0.435. The molecule has 0 unspecified atom stereocenters. The second-order valence-corrected chi connectivity index (χ2v) is 7.42. The number of benzene rings is 2. The Labute approximate surface area is 177 Å². The van der Waals surface area contributed by atoms with Crippen molar-refractivity contribution in [3.8, 4) is 0 Å². The molecule has 0 aromatic heterocycles. The molecule has 2 aromatic carbocycles. The van der Waals surface area contributed by atoms with Crippen molar-refractivity contribution < 1.29 is 9.72 Å². The Balaban J connectivity index is 1.51. The predicted molar refractivity (Wildman–Crippen MR) is 120 cm³/mol. The first kappa shape index (κ1) is 21.6. The van der Waals surface area contributed by atoms with Crippen LogP contribution >= 0.6 is 0 Å². The number of carbonyl (C=O) groups is 1. The van der Waals surface area contributed by atoms with E-state index in [4.69, 9.17) is 0 Å². The Hall–Kier alpha value is -3.13. The molecule has 1 heterocycles. The normalized spacial score (nSPS) is 14.4. The zero-order chi connectivity index (χ0) is 21.5. The lowest BCUT2D eigenvalue weighted by atomic mass is 10.1. The van der Waals surface area contributed by atoms with Crippen LogP contribution in [-0.4, -0.2) is 55.0 Å². The number of nitrogens with zero attached hydrogens (tertiary/aromatic N) is 3. The van der Waals surface area contributed by atoms with E-state index < -0.39 is 4.92 Å². The molecule has 2 aromatic rings. The quantitative estimate of drug-likeness (QED) is 0.510. The fraction of sp³-hybridized carbons (Fsp3) is 0.409. The standard InChI is InChI=1S/C22H29N5O3/c1-3-25-12-14-26(15-13-25)18-8-9-19(17(2)16-18)24-22(28)10-11-23-20-6-4-5-7-21(20)27(29)30/h4-9,16,23H,3,10-15H2,1-2H3,(H,24,28). The van der Waals surface area contributed by atoms with Crippen LogP contribution in [0.25, 0.3) is 0 Å². The van der Waals surface area contributed by atoms with Crippen LogP contribution in [0.4, 0.5) is 22.7 Å². The highest BCUT2D eigenvalue weighted by atomic mass is 16.6. The average molecular weight is 412 g/mol. The summed E-state index contributed by atoms with van der Waals surface area (Å²) in [4.78, 5) is 27.8. The molecule has 8 nitrogen and oxygen atoms in total. The lowest BCUT2D eigenvalue weighted by Gasteiger charge is -2.35. The second kappa shape index (κ2) is 10.1. The molecular weight excluding hydrogens is 382 g/mol. The van der Waals surface area contributed by atoms with Gasteiger partial charge in [-0.1, -0.05) is 19.1 Å².